The molecule has 3 heteroatoms. The van der Waals surface area contributed by atoms with E-state index in [1.807, 2.05) is 6.07 Å². The summed E-state index contributed by atoms with van der Waals surface area (Å²) >= 11 is 0. The summed E-state index contributed by atoms with van der Waals surface area (Å²) < 4.78 is 11.0. The monoisotopic (exact) mass is 411 g/mol. The number of ether oxygens (including phenoxy) is 2. The maximum Gasteiger partial charge on any atom is 0.231 e. The van der Waals surface area contributed by atoms with Gasteiger partial charge in [0, 0.05) is 19.6 Å². The molecule has 0 unspecified atom stereocenters. The fourth-order valence-electron chi connectivity index (χ4n) is 3.64. The van der Waals surface area contributed by atoms with Crippen LogP contribution < -0.4 is 9.47 Å². The Morgan fingerprint density at radius 1 is 0.933 bits per heavy atom. The number of nitrogens with zero attached hydrogens (tertiary/aromatic N) is 1. The minimum atomic E-state index is 0.333. The lowest BCUT2D eigenvalue weighted by molar-refractivity contribution is 0.174. The van der Waals surface area contributed by atoms with E-state index in [0.717, 1.165) is 50.4 Å². The van der Waals surface area contributed by atoms with Gasteiger partial charge in [0.05, 0.1) is 0 Å². The molecule has 1 heterocycles. The molecule has 0 saturated heterocycles. The third-order valence-electron chi connectivity index (χ3n) is 5.29. The maximum atomic E-state index is 5.54. The van der Waals surface area contributed by atoms with Crippen molar-refractivity contribution in [2.45, 2.75) is 73.8 Å². The Labute approximate surface area is 184 Å². The van der Waals surface area contributed by atoms with Crippen LogP contribution in [0.4, 0.5) is 0 Å². The lowest BCUT2D eigenvalue weighted by Gasteiger charge is -2.23. The van der Waals surface area contributed by atoms with Crippen LogP contribution in [0.2, 0.25) is 0 Å². The first-order valence-electron chi connectivity index (χ1n) is 11.4. The summed E-state index contributed by atoms with van der Waals surface area (Å²) in [6, 6.07) is 6.30. The molecule has 1 aliphatic heterocycles. The third kappa shape index (κ3) is 9.21. The first-order valence-corrected chi connectivity index (χ1v) is 11.4. The Morgan fingerprint density at radius 2 is 1.60 bits per heavy atom. The molecule has 0 saturated carbocycles. The third-order valence-corrected chi connectivity index (χ3v) is 5.29. The molecule has 0 spiro atoms. The van der Waals surface area contributed by atoms with Crippen LogP contribution in [0.15, 0.2) is 53.1 Å². The molecule has 0 bridgehead atoms. The minimum Gasteiger partial charge on any atom is -0.454 e. The van der Waals surface area contributed by atoms with Crippen LogP contribution in [0, 0.1) is 5.92 Å². The second-order valence-electron chi connectivity index (χ2n) is 9.24. The standard InChI is InChI=1S/C27H41NO2/c1-21(2)9-7-10-23(5)11-8-12-24(6)15-16-28(18-22(3)4)19-25-13-14-26-27(17-25)30-20-29-26/h9,11,13-15,17,22H,7-8,10,12,16,18-20H2,1-6H3/b23-11+,24-15-. The van der Waals surface area contributed by atoms with Gasteiger partial charge >= 0.3 is 0 Å². The zero-order valence-electron chi connectivity index (χ0n) is 20.0. The molecule has 30 heavy (non-hydrogen) atoms. The highest BCUT2D eigenvalue weighted by molar-refractivity contribution is 5.44. The average molecular weight is 412 g/mol. The lowest BCUT2D eigenvalue weighted by Crippen LogP contribution is -2.27. The Kier molecular flexibility index (Phi) is 10.2. The molecule has 0 aromatic heterocycles. The van der Waals surface area contributed by atoms with Crippen LogP contribution in [0.5, 0.6) is 11.5 Å². The van der Waals surface area contributed by atoms with Crippen LogP contribution in [-0.2, 0) is 6.54 Å². The Balaban J connectivity index is 1.84. The van der Waals surface area contributed by atoms with Crippen molar-refractivity contribution in [1.29, 1.82) is 0 Å². The van der Waals surface area contributed by atoms with Crippen molar-refractivity contribution in [3.8, 4) is 11.5 Å². The molecule has 0 amide bonds. The van der Waals surface area contributed by atoms with Gasteiger partial charge in [-0.1, -0.05) is 54.9 Å². The Hall–Kier alpha value is -2.00. The second kappa shape index (κ2) is 12.6. The summed E-state index contributed by atoms with van der Waals surface area (Å²) in [5, 5.41) is 0. The topological polar surface area (TPSA) is 21.7 Å². The van der Waals surface area contributed by atoms with E-state index in [1.54, 1.807) is 0 Å². The van der Waals surface area contributed by atoms with Crippen molar-refractivity contribution in [2.75, 3.05) is 19.9 Å². The fourth-order valence-corrected chi connectivity index (χ4v) is 3.64. The van der Waals surface area contributed by atoms with Crippen molar-refractivity contribution >= 4 is 0 Å². The molecule has 1 aromatic rings. The summed E-state index contributed by atoms with van der Waals surface area (Å²) in [4.78, 5) is 2.52. The normalized spacial score (nSPS) is 14.0. The lowest BCUT2D eigenvalue weighted by atomic mass is 10.1. The first kappa shape index (κ1) is 24.3. The molecular formula is C27H41NO2. The van der Waals surface area contributed by atoms with Gasteiger partial charge in [0.2, 0.25) is 6.79 Å². The van der Waals surface area contributed by atoms with Crippen molar-refractivity contribution < 1.29 is 9.47 Å². The van der Waals surface area contributed by atoms with E-state index in [1.165, 1.54) is 28.7 Å². The molecule has 1 aliphatic rings. The summed E-state index contributed by atoms with van der Waals surface area (Å²) in [6.45, 7) is 16.8. The largest absolute Gasteiger partial charge is 0.454 e. The van der Waals surface area contributed by atoms with Crippen LogP contribution in [0.1, 0.15) is 72.8 Å². The quantitative estimate of drug-likeness (QED) is 0.337. The number of fused-ring (bicyclic) bond motifs is 1. The molecule has 3 nitrogen and oxygen atoms in total. The van der Waals surface area contributed by atoms with Gasteiger partial charge in [-0.2, -0.15) is 0 Å². The van der Waals surface area contributed by atoms with Gasteiger partial charge in [0.25, 0.3) is 0 Å². The zero-order chi connectivity index (χ0) is 21.9. The summed E-state index contributed by atoms with van der Waals surface area (Å²) in [5.74, 6) is 2.36. The van der Waals surface area contributed by atoms with E-state index in [-0.39, 0.29) is 0 Å². The molecule has 1 aromatic carbocycles. The highest BCUT2D eigenvalue weighted by atomic mass is 16.7. The molecular weight excluding hydrogens is 370 g/mol. The fraction of sp³-hybridized carbons (Fsp3) is 0.556. The predicted molar refractivity (Wildman–Crippen MR) is 128 cm³/mol. The van der Waals surface area contributed by atoms with Crippen molar-refractivity contribution in [3.63, 3.8) is 0 Å². The van der Waals surface area contributed by atoms with E-state index in [9.17, 15) is 0 Å². The van der Waals surface area contributed by atoms with Crippen LogP contribution in [-0.4, -0.2) is 24.8 Å². The SMILES string of the molecule is CC(C)=CCC/C(C)=C/CC/C(C)=C\CN(Cc1ccc2c(c1)OCO2)CC(C)C. The predicted octanol–water partition coefficient (Wildman–Crippen LogP) is 7.29. The van der Waals surface area contributed by atoms with Gasteiger partial charge in [-0.05, 0) is 77.0 Å². The average Bonchev–Trinajstić information content (AvgIpc) is 3.13. The molecule has 166 valence electrons. The number of benzene rings is 1. The van der Waals surface area contributed by atoms with Gasteiger partial charge in [-0.15, -0.1) is 0 Å². The van der Waals surface area contributed by atoms with Gasteiger partial charge in [-0.25, -0.2) is 0 Å². The Bertz CT molecular complexity index is 754. The Morgan fingerprint density at radius 3 is 2.30 bits per heavy atom. The van der Waals surface area contributed by atoms with E-state index >= 15 is 0 Å². The zero-order valence-corrected chi connectivity index (χ0v) is 20.0. The van der Waals surface area contributed by atoms with E-state index in [4.69, 9.17) is 9.47 Å². The molecule has 0 fully saturated rings. The minimum absolute atomic E-state index is 0.333. The van der Waals surface area contributed by atoms with Crippen LogP contribution in [0.3, 0.4) is 0 Å². The summed E-state index contributed by atoms with van der Waals surface area (Å²) in [5.41, 5.74) is 5.67. The molecule has 0 atom stereocenters. The number of hydrogen-bond acceptors (Lipinski definition) is 3. The van der Waals surface area contributed by atoms with Crippen molar-refractivity contribution in [2.24, 2.45) is 5.92 Å². The molecule has 2 rings (SSSR count). The van der Waals surface area contributed by atoms with E-state index in [0.29, 0.717) is 12.7 Å². The van der Waals surface area contributed by atoms with Crippen LogP contribution >= 0.6 is 0 Å². The van der Waals surface area contributed by atoms with Gasteiger partial charge in [-0.3, -0.25) is 4.90 Å². The van der Waals surface area contributed by atoms with E-state index in [2.05, 4.69) is 76.8 Å². The van der Waals surface area contributed by atoms with Gasteiger partial charge < -0.3 is 9.47 Å². The highest BCUT2D eigenvalue weighted by Crippen LogP contribution is 2.32. The second-order valence-corrected chi connectivity index (χ2v) is 9.24. The molecule has 0 radical (unpaired) electrons. The van der Waals surface area contributed by atoms with Crippen molar-refractivity contribution in [1.82, 2.24) is 4.90 Å². The number of hydrogen-bond donors (Lipinski definition) is 0. The van der Waals surface area contributed by atoms with Gasteiger partial charge in [0.1, 0.15) is 0 Å². The molecule has 0 aliphatic carbocycles. The van der Waals surface area contributed by atoms with E-state index < -0.39 is 0 Å². The summed E-state index contributed by atoms with van der Waals surface area (Å²) in [6.07, 6.45) is 11.7. The highest BCUT2D eigenvalue weighted by Gasteiger charge is 2.15. The summed E-state index contributed by atoms with van der Waals surface area (Å²) in [7, 11) is 0. The first-order chi connectivity index (χ1) is 14.3. The van der Waals surface area contributed by atoms with Crippen LogP contribution in [0.25, 0.3) is 0 Å². The van der Waals surface area contributed by atoms with Crippen molar-refractivity contribution in [3.05, 3.63) is 58.7 Å². The smallest absolute Gasteiger partial charge is 0.231 e. The number of rotatable bonds is 12. The molecule has 0 N–H and O–H groups in total. The maximum absolute atomic E-state index is 5.54. The van der Waals surface area contributed by atoms with Gasteiger partial charge in [0.15, 0.2) is 11.5 Å². The number of allylic oxidation sites excluding steroid dienone is 5.